The van der Waals surface area contributed by atoms with Gasteiger partial charge in [-0.05, 0) is 24.7 Å². The van der Waals surface area contributed by atoms with Gasteiger partial charge in [-0.1, -0.05) is 0 Å². The Hall–Kier alpha value is -2.44. The van der Waals surface area contributed by atoms with E-state index in [0.717, 1.165) is 6.08 Å². The quantitative estimate of drug-likeness (QED) is 0.608. The third-order valence-corrected chi connectivity index (χ3v) is 3.96. The van der Waals surface area contributed by atoms with Crippen LogP contribution in [-0.2, 0) is 4.74 Å². The first-order valence-corrected chi connectivity index (χ1v) is 10.6. The monoisotopic (exact) mass is 443 g/mol. The minimum absolute atomic E-state index is 0.0648. The summed E-state index contributed by atoms with van der Waals surface area (Å²) in [5.41, 5.74) is 5.28. The lowest BCUT2D eigenvalue weighted by Gasteiger charge is -2.33. The molecule has 0 radical (unpaired) electrons. The number of ether oxygens (including phenoxy) is 1. The van der Waals surface area contributed by atoms with Crippen LogP contribution in [0.15, 0.2) is 24.7 Å². The fourth-order valence-corrected chi connectivity index (χ4v) is 2.55. The molecule has 1 fully saturated rings. The summed E-state index contributed by atoms with van der Waals surface area (Å²) < 4.78 is 42.6. The number of allylic oxidation sites excluding steroid dienone is 1. The Morgan fingerprint density at radius 3 is 2.80 bits per heavy atom. The lowest BCUT2D eigenvalue weighted by Crippen LogP contribution is -2.46. The van der Waals surface area contributed by atoms with Crippen molar-refractivity contribution >= 4 is 29.4 Å². The van der Waals surface area contributed by atoms with E-state index < -0.39 is 11.9 Å². The number of nitrogens with one attached hydrogen (secondary N) is 2. The first kappa shape index (κ1) is 23.8. The lowest BCUT2D eigenvalue weighted by atomic mass is 10.2. The molecule has 4 N–H and O–H groups in total. The number of hydrogen-bond donors (Lipinski definition) is 3. The van der Waals surface area contributed by atoms with Crippen molar-refractivity contribution in [2.45, 2.75) is 12.3 Å². The number of halogens is 3. The van der Waals surface area contributed by atoms with Crippen LogP contribution >= 0.6 is 11.8 Å². The number of rotatable bonds is 5. The highest BCUT2D eigenvalue weighted by Crippen LogP contribution is 2.22. The molecule has 1 atom stereocenters. The number of nitrogens with zero attached hydrogens (tertiary/aromatic N) is 4. The van der Waals surface area contributed by atoms with Crippen LogP contribution in [0.25, 0.3) is 17.5 Å². The molecule has 1 aliphatic heterocycles. The second kappa shape index (κ2) is 11.1. The van der Waals surface area contributed by atoms with Gasteiger partial charge in [-0.2, -0.15) is 24.9 Å². The van der Waals surface area contributed by atoms with Crippen molar-refractivity contribution in [1.29, 1.82) is 5.41 Å². The Balaban J connectivity index is 0.00000101. The normalized spacial score (nSPS) is 17.0. The van der Waals surface area contributed by atoms with Crippen LogP contribution in [0.5, 0.6) is 0 Å². The second-order valence-electron chi connectivity index (χ2n) is 6.27. The number of hydrogen-bond acceptors (Lipinski definition) is 8. The summed E-state index contributed by atoms with van der Waals surface area (Å²) in [6.45, 7) is 2.25. The third kappa shape index (κ3) is 6.82. The average Bonchev–Trinajstić information content (AvgIpc) is 3.21. The Labute approximate surface area is 176 Å². The number of morpholine rings is 1. The molecule has 3 heterocycles. The molecule has 0 bridgehead atoms. The first-order chi connectivity index (χ1) is 14.3. The summed E-state index contributed by atoms with van der Waals surface area (Å²) in [6.07, 6.45) is 3.94. The van der Waals surface area contributed by atoms with Crippen LogP contribution in [0.2, 0.25) is 0 Å². The standard InChI is InChI=1S/C16H18F3N7O.C2H6S/c17-16(18,19)13(21)1-2-14-22-7-12(25-14)11-5-15(24-9-23-11)26-3-4-27-10(6-20)8-26;1-3-2/h1-2,5,7,9-10,21H,3-4,6,8,20H2,(H,22,25);1-2H3/b2-1-,21-13?;. The number of alkyl halides is 3. The van der Waals surface area contributed by atoms with Crippen LogP contribution in [0.3, 0.4) is 0 Å². The molecule has 8 nitrogen and oxygen atoms in total. The molecule has 1 saturated heterocycles. The van der Waals surface area contributed by atoms with E-state index in [-0.39, 0.29) is 11.9 Å². The van der Waals surface area contributed by atoms with Crippen molar-refractivity contribution in [3.63, 3.8) is 0 Å². The number of aromatic nitrogens is 4. The molecule has 0 spiro atoms. The van der Waals surface area contributed by atoms with Crippen molar-refractivity contribution in [2.24, 2.45) is 5.73 Å². The predicted molar refractivity (Wildman–Crippen MR) is 113 cm³/mol. The van der Waals surface area contributed by atoms with Gasteiger partial charge in [-0.15, -0.1) is 0 Å². The van der Waals surface area contributed by atoms with E-state index in [1.54, 1.807) is 17.8 Å². The summed E-state index contributed by atoms with van der Waals surface area (Å²) in [7, 11) is 0. The van der Waals surface area contributed by atoms with Crippen LogP contribution in [0.4, 0.5) is 19.0 Å². The van der Waals surface area contributed by atoms with Gasteiger partial charge in [0.2, 0.25) is 0 Å². The lowest BCUT2D eigenvalue weighted by molar-refractivity contribution is -0.0583. The molecule has 2 aromatic heterocycles. The molecule has 12 heteroatoms. The molecule has 0 aliphatic carbocycles. The summed E-state index contributed by atoms with van der Waals surface area (Å²) in [6, 6.07) is 1.76. The van der Waals surface area contributed by atoms with E-state index >= 15 is 0 Å². The van der Waals surface area contributed by atoms with Crippen molar-refractivity contribution in [1.82, 2.24) is 19.9 Å². The molecule has 0 saturated carbocycles. The number of imidazole rings is 1. The maximum absolute atomic E-state index is 12.4. The average molecular weight is 443 g/mol. The number of H-pyrrole nitrogens is 1. The molecule has 164 valence electrons. The number of thioether (sulfide) groups is 1. The summed E-state index contributed by atoms with van der Waals surface area (Å²) in [4.78, 5) is 17.4. The minimum Gasteiger partial charge on any atom is -0.373 e. The topological polar surface area (TPSA) is 117 Å². The van der Waals surface area contributed by atoms with Gasteiger partial charge < -0.3 is 20.4 Å². The zero-order chi connectivity index (χ0) is 22.1. The van der Waals surface area contributed by atoms with Crippen LogP contribution in [0, 0.1) is 5.41 Å². The van der Waals surface area contributed by atoms with Crippen molar-refractivity contribution < 1.29 is 17.9 Å². The van der Waals surface area contributed by atoms with Gasteiger partial charge in [-0.3, -0.25) is 5.41 Å². The van der Waals surface area contributed by atoms with Gasteiger partial charge in [0.25, 0.3) is 0 Å². The van der Waals surface area contributed by atoms with Gasteiger partial charge in [-0.25, -0.2) is 15.0 Å². The highest BCUT2D eigenvalue weighted by molar-refractivity contribution is 7.97. The fourth-order valence-electron chi connectivity index (χ4n) is 2.55. The van der Waals surface area contributed by atoms with Gasteiger partial charge in [0, 0.05) is 25.7 Å². The minimum atomic E-state index is -4.69. The molecule has 1 unspecified atom stereocenters. The first-order valence-electron chi connectivity index (χ1n) is 8.96. The Bertz CT molecular complexity index is 856. The molecular formula is C18H24F3N7OS. The van der Waals surface area contributed by atoms with Crippen LogP contribution < -0.4 is 10.6 Å². The van der Waals surface area contributed by atoms with E-state index in [0.29, 0.717) is 49.5 Å². The predicted octanol–water partition coefficient (Wildman–Crippen LogP) is 2.61. The van der Waals surface area contributed by atoms with Gasteiger partial charge in [0.1, 0.15) is 23.7 Å². The maximum atomic E-state index is 12.4. The molecule has 0 amide bonds. The van der Waals surface area contributed by atoms with Crippen molar-refractivity contribution in [3.05, 3.63) is 30.5 Å². The Morgan fingerprint density at radius 2 is 2.13 bits per heavy atom. The molecule has 2 aromatic rings. The maximum Gasteiger partial charge on any atom is 0.432 e. The third-order valence-electron chi connectivity index (χ3n) is 3.96. The largest absolute Gasteiger partial charge is 0.432 e. The van der Waals surface area contributed by atoms with E-state index in [1.165, 1.54) is 12.5 Å². The van der Waals surface area contributed by atoms with Gasteiger partial charge in [0.05, 0.1) is 30.3 Å². The number of anilines is 1. The van der Waals surface area contributed by atoms with Crippen LogP contribution in [0.1, 0.15) is 5.82 Å². The highest BCUT2D eigenvalue weighted by Gasteiger charge is 2.32. The summed E-state index contributed by atoms with van der Waals surface area (Å²) in [5.74, 6) is 0.890. The van der Waals surface area contributed by atoms with Crippen molar-refractivity contribution in [2.75, 3.05) is 43.7 Å². The number of nitrogens with two attached hydrogens (primary N) is 1. The van der Waals surface area contributed by atoms with Gasteiger partial charge >= 0.3 is 6.18 Å². The Kier molecular flexibility index (Phi) is 8.81. The van der Waals surface area contributed by atoms with E-state index in [1.807, 2.05) is 17.4 Å². The summed E-state index contributed by atoms with van der Waals surface area (Å²) in [5, 5.41) is 6.94. The SMILES string of the molecule is CSC.N=C(/C=C\c1ncc(-c2cc(N3CCOC(CN)C3)ncn2)[nH]1)C(F)(F)F. The molecule has 3 rings (SSSR count). The summed E-state index contributed by atoms with van der Waals surface area (Å²) >= 11 is 1.75. The number of aromatic amines is 1. The zero-order valence-electron chi connectivity index (χ0n) is 16.6. The fraction of sp³-hybridized carbons (Fsp3) is 0.444. The second-order valence-corrected chi connectivity index (χ2v) is 7.09. The molecule has 1 aliphatic rings. The van der Waals surface area contributed by atoms with E-state index in [9.17, 15) is 13.2 Å². The Morgan fingerprint density at radius 1 is 1.40 bits per heavy atom. The molecule has 30 heavy (non-hydrogen) atoms. The smallest absolute Gasteiger partial charge is 0.373 e. The molecule has 0 aromatic carbocycles. The van der Waals surface area contributed by atoms with Crippen LogP contribution in [-0.4, -0.2) is 76.7 Å². The zero-order valence-corrected chi connectivity index (χ0v) is 17.4. The van der Waals surface area contributed by atoms with Gasteiger partial charge in [0.15, 0.2) is 0 Å². The molecular weight excluding hydrogens is 419 g/mol. The van der Waals surface area contributed by atoms with E-state index in [4.69, 9.17) is 15.9 Å². The highest BCUT2D eigenvalue weighted by atomic mass is 32.2. The van der Waals surface area contributed by atoms with E-state index in [2.05, 4.69) is 19.9 Å². The van der Waals surface area contributed by atoms with Crippen molar-refractivity contribution in [3.8, 4) is 11.4 Å².